The first-order valence-corrected chi connectivity index (χ1v) is 7.76. The van der Waals surface area contributed by atoms with E-state index in [9.17, 15) is 4.79 Å². The monoisotopic (exact) mass is 320 g/mol. The van der Waals surface area contributed by atoms with E-state index in [2.05, 4.69) is 4.98 Å². The molecular formula is C15H13ClN2O2S. The summed E-state index contributed by atoms with van der Waals surface area (Å²) >= 11 is 7.45. The first-order valence-electron chi connectivity index (χ1n) is 6.40. The predicted octanol–water partition coefficient (Wildman–Crippen LogP) is 3.38. The van der Waals surface area contributed by atoms with Gasteiger partial charge in [-0.1, -0.05) is 23.7 Å². The zero-order valence-corrected chi connectivity index (χ0v) is 12.9. The second-order valence-electron chi connectivity index (χ2n) is 4.57. The van der Waals surface area contributed by atoms with Crippen LogP contribution in [0.3, 0.4) is 0 Å². The number of pyridine rings is 1. The summed E-state index contributed by atoms with van der Waals surface area (Å²) in [7, 11) is 1.63. The van der Waals surface area contributed by atoms with Gasteiger partial charge in [0, 0.05) is 0 Å². The van der Waals surface area contributed by atoms with Crippen molar-refractivity contribution in [1.82, 2.24) is 4.98 Å². The number of anilines is 1. The van der Waals surface area contributed by atoms with Crippen LogP contribution in [0.25, 0.3) is 0 Å². The van der Waals surface area contributed by atoms with Gasteiger partial charge in [0.15, 0.2) is 5.82 Å². The van der Waals surface area contributed by atoms with Crippen molar-refractivity contribution in [2.75, 3.05) is 17.8 Å². The Morgan fingerprint density at radius 1 is 1.29 bits per heavy atom. The van der Waals surface area contributed by atoms with Crippen molar-refractivity contribution in [1.29, 1.82) is 0 Å². The van der Waals surface area contributed by atoms with Crippen LogP contribution in [-0.4, -0.2) is 23.8 Å². The lowest BCUT2D eigenvalue weighted by Crippen LogP contribution is -2.35. The van der Waals surface area contributed by atoms with Gasteiger partial charge in [0.25, 0.3) is 0 Å². The molecule has 1 amide bonds. The van der Waals surface area contributed by atoms with Crippen molar-refractivity contribution in [3.63, 3.8) is 0 Å². The first kappa shape index (κ1) is 14.2. The molecule has 0 aliphatic carbocycles. The highest BCUT2D eigenvalue weighted by Gasteiger charge is 2.26. The number of ether oxygens (including phenoxy) is 1. The van der Waals surface area contributed by atoms with Gasteiger partial charge in [-0.15, -0.1) is 11.8 Å². The number of hydrogen-bond donors (Lipinski definition) is 0. The number of carbonyl (C=O) groups excluding carboxylic acids is 1. The third-order valence-corrected chi connectivity index (χ3v) is 4.44. The zero-order valence-electron chi connectivity index (χ0n) is 11.4. The maximum atomic E-state index is 12.2. The van der Waals surface area contributed by atoms with E-state index < -0.39 is 0 Å². The van der Waals surface area contributed by atoms with Crippen LogP contribution in [-0.2, 0) is 11.3 Å². The predicted molar refractivity (Wildman–Crippen MR) is 84.2 cm³/mol. The lowest BCUT2D eigenvalue weighted by Gasteiger charge is -2.27. The summed E-state index contributed by atoms with van der Waals surface area (Å²) in [5.74, 6) is 1.89. The molecule has 1 aliphatic rings. The Morgan fingerprint density at radius 3 is 2.76 bits per heavy atom. The van der Waals surface area contributed by atoms with Gasteiger partial charge in [0.1, 0.15) is 10.9 Å². The third kappa shape index (κ3) is 2.99. The normalized spacial score (nSPS) is 14.0. The average Bonchev–Trinajstić information content (AvgIpc) is 2.51. The molecule has 1 aromatic heterocycles. The highest BCUT2D eigenvalue weighted by molar-refractivity contribution is 8.00. The largest absolute Gasteiger partial charge is 0.497 e. The number of halogens is 1. The fraction of sp³-hybridized carbons (Fsp3) is 0.200. The van der Waals surface area contributed by atoms with Crippen molar-refractivity contribution in [2.24, 2.45) is 0 Å². The van der Waals surface area contributed by atoms with Crippen LogP contribution < -0.4 is 9.64 Å². The van der Waals surface area contributed by atoms with Crippen LogP contribution in [0.4, 0.5) is 5.82 Å². The van der Waals surface area contributed by atoms with E-state index in [1.165, 1.54) is 11.8 Å². The van der Waals surface area contributed by atoms with Crippen LogP contribution in [0.15, 0.2) is 41.3 Å². The Kier molecular flexibility index (Phi) is 4.03. The summed E-state index contributed by atoms with van der Waals surface area (Å²) in [6.07, 6.45) is 0. The van der Waals surface area contributed by atoms with Crippen LogP contribution in [0.5, 0.6) is 5.75 Å². The van der Waals surface area contributed by atoms with Gasteiger partial charge in [-0.3, -0.25) is 9.69 Å². The number of hydrogen-bond acceptors (Lipinski definition) is 4. The molecule has 4 nitrogen and oxygen atoms in total. The zero-order chi connectivity index (χ0) is 14.8. The summed E-state index contributed by atoms with van der Waals surface area (Å²) in [5, 5.41) is 0.392. The number of carbonyl (C=O) groups is 1. The molecule has 6 heteroatoms. The number of methoxy groups -OCH3 is 1. The minimum Gasteiger partial charge on any atom is -0.497 e. The smallest absolute Gasteiger partial charge is 0.238 e. The second kappa shape index (κ2) is 5.95. The Balaban J connectivity index is 1.90. The standard InChI is InChI=1S/C15H13ClN2O2S/c1-20-11-4-2-10(3-5-11)8-18-14(19)9-21-12-6-7-13(16)17-15(12)18/h2-7H,8-9H2,1H3. The van der Waals surface area contributed by atoms with Crippen LogP contribution >= 0.6 is 23.4 Å². The Labute approximate surface area is 132 Å². The van der Waals surface area contributed by atoms with Gasteiger partial charge in [0.2, 0.25) is 5.91 Å². The SMILES string of the molecule is COc1ccc(CN2C(=O)CSc3ccc(Cl)nc32)cc1. The summed E-state index contributed by atoms with van der Waals surface area (Å²) < 4.78 is 5.14. The molecule has 108 valence electrons. The van der Waals surface area contributed by atoms with Crippen LogP contribution in [0.2, 0.25) is 5.15 Å². The molecule has 0 unspecified atom stereocenters. The molecule has 0 saturated heterocycles. The quantitative estimate of drug-likeness (QED) is 0.813. The third-order valence-electron chi connectivity index (χ3n) is 3.21. The maximum Gasteiger partial charge on any atom is 0.238 e. The summed E-state index contributed by atoms with van der Waals surface area (Å²) in [5.41, 5.74) is 1.02. The van der Waals surface area contributed by atoms with Crippen molar-refractivity contribution < 1.29 is 9.53 Å². The molecule has 1 aliphatic heterocycles. The Morgan fingerprint density at radius 2 is 2.05 bits per heavy atom. The molecule has 3 rings (SSSR count). The topological polar surface area (TPSA) is 42.4 Å². The molecule has 2 heterocycles. The van der Waals surface area contributed by atoms with E-state index in [1.807, 2.05) is 30.3 Å². The maximum absolute atomic E-state index is 12.2. The minimum absolute atomic E-state index is 0.0399. The lowest BCUT2D eigenvalue weighted by molar-refractivity contribution is -0.116. The van der Waals surface area contributed by atoms with Gasteiger partial charge in [0.05, 0.1) is 24.3 Å². The van der Waals surface area contributed by atoms with E-state index in [-0.39, 0.29) is 5.91 Å². The summed E-state index contributed by atoms with van der Waals surface area (Å²) in [6.45, 7) is 0.476. The lowest BCUT2D eigenvalue weighted by atomic mass is 10.2. The molecule has 0 bridgehead atoms. The summed E-state index contributed by atoms with van der Waals surface area (Å²) in [4.78, 5) is 19.2. The molecule has 2 aromatic rings. The molecular weight excluding hydrogens is 308 g/mol. The highest BCUT2D eigenvalue weighted by atomic mass is 35.5. The molecule has 0 radical (unpaired) electrons. The van der Waals surface area contributed by atoms with Gasteiger partial charge in [-0.2, -0.15) is 0 Å². The number of thioether (sulfide) groups is 1. The highest BCUT2D eigenvalue weighted by Crippen LogP contribution is 2.35. The molecule has 0 spiro atoms. The van der Waals surface area contributed by atoms with Crippen LogP contribution in [0.1, 0.15) is 5.56 Å². The summed E-state index contributed by atoms with van der Waals surface area (Å²) in [6, 6.07) is 11.3. The number of benzene rings is 1. The number of rotatable bonds is 3. The molecule has 0 fully saturated rings. The average molecular weight is 321 g/mol. The second-order valence-corrected chi connectivity index (χ2v) is 5.98. The Hall–Kier alpha value is -1.72. The van der Waals surface area contributed by atoms with Gasteiger partial charge in [-0.25, -0.2) is 4.98 Å². The number of fused-ring (bicyclic) bond motifs is 1. The molecule has 0 N–H and O–H groups in total. The number of amides is 1. The fourth-order valence-corrected chi connectivity index (χ4v) is 3.16. The van der Waals surface area contributed by atoms with Crippen molar-refractivity contribution in [3.05, 3.63) is 47.1 Å². The van der Waals surface area contributed by atoms with Gasteiger partial charge >= 0.3 is 0 Å². The molecule has 0 saturated carbocycles. The minimum atomic E-state index is 0.0399. The van der Waals surface area contributed by atoms with E-state index in [4.69, 9.17) is 16.3 Å². The van der Waals surface area contributed by atoms with Crippen LogP contribution in [0, 0.1) is 0 Å². The van der Waals surface area contributed by atoms with Gasteiger partial charge < -0.3 is 4.74 Å². The molecule has 0 atom stereocenters. The number of aromatic nitrogens is 1. The molecule has 21 heavy (non-hydrogen) atoms. The fourth-order valence-electron chi connectivity index (χ4n) is 2.13. The van der Waals surface area contributed by atoms with Gasteiger partial charge in [-0.05, 0) is 29.8 Å². The van der Waals surface area contributed by atoms with Crippen molar-refractivity contribution in [3.8, 4) is 5.75 Å². The van der Waals surface area contributed by atoms with Crippen molar-refractivity contribution in [2.45, 2.75) is 11.4 Å². The van der Waals surface area contributed by atoms with E-state index in [1.54, 1.807) is 18.1 Å². The van der Waals surface area contributed by atoms with E-state index >= 15 is 0 Å². The van der Waals surface area contributed by atoms with E-state index in [0.717, 1.165) is 16.2 Å². The Bertz CT molecular complexity index is 676. The molecule has 1 aromatic carbocycles. The number of nitrogens with zero attached hydrogens (tertiary/aromatic N) is 2. The van der Waals surface area contributed by atoms with Crippen molar-refractivity contribution >= 4 is 35.1 Å². The first-order chi connectivity index (χ1) is 10.2. The van der Waals surface area contributed by atoms with E-state index in [0.29, 0.717) is 23.3 Å².